The van der Waals surface area contributed by atoms with E-state index in [2.05, 4.69) is 15.6 Å². The van der Waals surface area contributed by atoms with Gasteiger partial charge in [0.2, 0.25) is 6.79 Å². The van der Waals surface area contributed by atoms with Crippen molar-refractivity contribution in [3.05, 3.63) is 23.8 Å². The first-order chi connectivity index (χ1) is 11.8. The summed E-state index contributed by atoms with van der Waals surface area (Å²) in [7, 11) is 1.67. The Morgan fingerprint density at radius 3 is 2.80 bits per heavy atom. The van der Waals surface area contributed by atoms with E-state index in [-0.39, 0.29) is 24.0 Å². The van der Waals surface area contributed by atoms with Crippen molar-refractivity contribution in [1.29, 1.82) is 0 Å². The van der Waals surface area contributed by atoms with Crippen molar-refractivity contribution in [3.8, 4) is 11.5 Å². The molecule has 0 aromatic heterocycles. The summed E-state index contributed by atoms with van der Waals surface area (Å²) in [6.07, 6.45) is 0.915. The third-order valence-electron chi connectivity index (χ3n) is 3.39. The minimum atomic E-state index is 0. The van der Waals surface area contributed by atoms with E-state index >= 15 is 0 Å². The maximum atomic E-state index is 5.44. The number of rotatable bonds is 10. The van der Waals surface area contributed by atoms with Gasteiger partial charge in [0.05, 0.1) is 19.8 Å². The average molecular weight is 465 g/mol. The molecule has 0 spiro atoms. The molecule has 0 fully saturated rings. The van der Waals surface area contributed by atoms with Crippen LogP contribution in [-0.4, -0.2) is 52.8 Å². The molecule has 8 heteroatoms. The van der Waals surface area contributed by atoms with Gasteiger partial charge in [-0.1, -0.05) is 6.07 Å². The lowest BCUT2D eigenvalue weighted by Gasteiger charge is -2.11. The first-order valence-corrected chi connectivity index (χ1v) is 8.31. The Morgan fingerprint density at radius 1 is 1.16 bits per heavy atom. The summed E-state index contributed by atoms with van der Waals surface area (Å²) in [5, 5.41) is 6.54. The number of nitrogens with zero attached hydrogens (tertiary/aromatic N) is 1. The molecule has 0 radical (unpaired) electrons. The fourth-order valence-corrected chi connectivity index (χ4v) is 2.18. The van der Waals surface area contributed by atoms with Gasteiger partial charge in [-0.15, -0.1) is 24.0 Å². The number of aliphatic imine (C=N–C) groups is 1. The first-order valence-electron chi connectivity index (χ1n) is 8.31. The van der Waals surface area contributed by atoms with Crippen molar-refractivity contribution in [2.24, 2.45) is 4.99 Å². The molecule has 1 aliphatic rings. The summed E-state index contributed by atoms with van der Waals surface area (Å²) in [5.41, 5.74) is 1.08. The number of nitrogens with one attached hydrogen (secondary N) is 2. The highest BCUT2D eigenvalue weighted by molar-refractivity contribution is 14.0. The SMILES string of the molecule is CCNC(=NCc1ccc2c(c1)OCO2)NCCCOCCOC.I. The molecule has 0 saturated carbocycles. The van der Waals surface area contributed by atoms with E-state index in [1.807, 2.05) is 25.1 Å². The highest BCUT2D eigenvalue weighted by atomic mass is 127. The number of fused-ring (bicyclic) bond motifs is 1. The van der Waals surface area contributed by atoms with Crippen molar-refractivity contribution >= 4 is 29.9 Å². The zero-order valence-corrected chi connectivity index (χ0v) is 17.2. The lowest BCUT2D eigenvalue weighted by Crippen LogP contribution is -2.38. The standard InChI is InChI=1S/C17H27N3O4.HI/c1-3-18-17(19-7-4-8-22-10-9-21-2)20-12-14-5-6-15-16(11-14)24-13-23-15;/h5-6,11H,3-4,7-10,12-13H2,1-2H3,(H2,18,19,20);1H. The van der Waals surface area contributed by atoms with Gasteiger partial charge in [0, 0.05) is 26.8 Å². The van der Waals surface area contributed by atoms with Gasteiger partial charge in [-0.2, -0.15) is 0 Å². The Balaban J connectivity index is 0.00000312. The van der Waals surface area contributed by atoms with E-state index in [0.717, 1.165) is 42.5 Å². The van der Waals surface area contributed by atoms with E-state index < -0.39 is 0 Å². The molecule has 1 aromatic carbocycles. The third-order valence-corrected chi connectivity index (χ3v) is 3.39. The number of hydrogen-bond acceptors (Lipinski definition) is 5. The summed E-state index contributed by atoms with van der Waals surface area (Å²) < 4.78 is 21.1. The second-order valence-corrected chi connectivity index (χ2v) is 5.27. The summed E-state index contributed by atoms with van der Waals surface area (Å²) in [6.45, 7) is 6.51. The van der Waals surface area contributed by atoms with Crippen LogP contribution in [0.5, 0.6) is 11.5 Å². The van der Waals surface area contributed by atoms with Crippen LogP contribution in [0.15, 0.2) is 23.2 Å². The third kappa shape index (κ3) is 8.10. The van der Waals surface area contributed by atoms with Crippen molar-refractivity contribution in [2.75, 3.05) is 46.8 Å². The van der Waals surface area contributed by atoms with Gasteiger partial charge >= 0.3 is 0 Å². The highest BCUT2D eigenvalue weighted by Gasteiger charge is 2.12. The molecular weight excluding hydrogens is 437 g/mol. The molecule has 0 atom stereocenters. The molecule has 7 nitrogen and oxygen atoms in total. The monoisotopic (exact) mass is 465 g/mol. The molecule has 0 unspecified atom stereocenters. The fraction of sp³-hybridized carbons (Fsp3) is 0.588. The summed E-state index contributed by atoms with van der Waals surface area (Å²) in [4.78, 5) is 4.59. The van der Waals surface area contributed by atoms with Crippen LogP contribution in [0.2, 0.25) is 0 Å². The quantitative estimate of drug-likeness (QED) is 0.239. The smallest absolute Gasteiger partial charge is 0.231 e. The molecular formula is C17H28IN3O4. The maximum Gasteiger partial charge on any atom is 0.231 e. The summed E-state index contributed by atoms with van der Waals surface area (Å²) in [6, 6.07) is 5.90. The Labute approximate surface area is 166 Å². The zero-order chi connectivity index (χ0) is 17.0. The van der Waals surface area contributed by atoms with Gasteiger partial charge in [-0.25, -0.2) is 4.99 Å². The van der Waals surface area contributed by atoms with Crippen LogP contribution in [0.3, 0.4) is 0 Å². The van der Waals surface area contributed by atoms with E-state index in [9.17, 15) is 0 Å². The van der Waals surface area contributed by atoms with Crippen LogP contribution in [0.1, 0.15) is 18.9 Å². The van der Waals surface area contributed by atoms with Gasteiger partial charge < -0.3 is 29.6 Å². The predicted molar refractivity (Wildman–Crippen MR) is 108 cm³/mol. The van der Waals surface area contributed by atoms with Crippen LogP contribution in [0, 0.1) is 0 Å². The topological polar surface area (TPSA) is 73.3 Å². The Kier molecular flexibility index (Phi) is 11.3. The van der Waals surface area contributed by atoms with E-state index in [1.165, 1.54) is 0 Å². The van der Waals surface area contributed by atoms with Crippen LogP contribution >= 0.6 is 24.0 Å². The second-order valence-electron chi connectivity index (χ2n) is 5.27. The summed E-state index contributed by atoms with van der Waals surface area (Å²) in [5.74, 6) is 2.38. The van der Waals surface area contributed by atoms with Crippen LogP contribution in [0.4, 0.5) is 0 Å². The predicted octanol–water partition coefficient (Wildman–Crippen LogP) is 2.14. The summed E-state index contributed by atoms with van der Waals surface area (Å²) >= 11 is 0. The zero-order valence-electron chi connectivity index (χ0n) is 14.9. The molecule has 2 N–H and O–H groups in total. The molecule has 25 heavy (non-hydrogen) atoms. The van der Waals surface area contributed by atoms with Crippen molar-refractivity contribution in [2.45, 2.75) is 19.9 Å². The number of benzene rings is 1. The largest absolute Gasteiger partial charge is 0.454 e. The molecule has 1 aliphatic heterocycles. The molecule has 0 aliphatic carbocycles. The molecule has 142 valence electrons. The number of halogens is 1. The number of hydrogen-bond donors (Lipinski definition) is 2. The van der Waals surface area contributed by atoms with E-state index in [1.54, 1.807) is 7.11 Å². The molecule has 0 saturated heterocycles. The molecule has 1 aromatic rings. The Bertz CT molecular complexity index is 529. The highest BCUT2D eigenvalue weighted by Crippen LogP contribution is 2.32. The van der Waals surface area contributed by atoms with Crippen LogP contribution in [-0.2, 0) is 16.0 Å². The van der Waals surface area contributed by atoms with E-state index in [4.69, 9.17) is 18.9 Å². The number of guanidine groups is 1. The van der Waals surface area contributed by atoms with Crippen molar-refractivity contribution in [1.82, 2.24) is 10.6 Å². The molecule has 0 bridgehead atoms. The minimum Gasteiger partial charge on any atom is -0.454 e. The van der Waals surface area contributed by atoms with Gasteiger partial charge in [0.15, 0.2) is 17.5 Å². The maximum absolute atomic E-state index is 5.44. The van der Waals surface area contributed by atoms with E-state index in [0.29, 0.717) is 33.2 Å². The van der Waals surface area contributed by atoms with Crippen LogP contribution < -0.4 is 20.1 Å². The second kappa shape index (κ2) is 13.0. The average Bonchev–Trinajstić information content (AvgIpc) is 3.06. The van der Waals surface area contributed by atoms with Crippen molar-refractivity contribution in [3.63, 3.8) is 0 Å². The van der Waals surface area contributed by atoms with Crippen molar-refractivity contribution < 1.29 is 18.9 Å². The minimum absolute atomic E-state index is 0. The lowest BCUT2D eigenvalue weighted by molar-refractivity contribution is 0.0698. The van der Waals surface area contributed by atoms with Gasteiger partial charge in [-0.05, 0) is 31.0 Å². The number of ether oxygens (including phenoxy) is 4. The lowest BCUT2D eigenvalue weighted by atomic mass is 10.2. The normalized spacial score (nSPS) is 12.6. The van der Waals surface area contributed by atoms with Crippen LogP contribution in [0.25, 0.3) is 0 Å². The first kappa shape index (κ1) is 21.8. The van der Waals surface area contributed by atoms with Gasteiger partial charge in [-0.3, -0.25) is 0 Å². The molecule has 0 amide bonds. The Hall–Kier alpha value is -1.26. The molecule has 1 heterocycles. The van der Waals surface area contributed by atoms with Gasteiger partial charge in [0.1, 0.15) is 0 Å². The fourth-order valence-electron chi connectivity index (χ4n) is 2.18. The van der Waals surface area contributed by atoms with Gasteiger partial charge in [0.25, 0.3) is 0 Å². The molecule has 2 rings (SSSR count). The Morgan fingerprint density at radius 2 is 2.00 bits per heavy atom. The number of methoxy groups -OCH3 is 1.